The molecule has 0 radical (unpaired) electrons. The number of rotatable bonds is 8. The van der Waals surface area contributed by atoms with Gasteiger partial charge in [-0.2, -0.15) is 0 Å². The summed E-state index contributed by atoms with van der Waals surface area (Å²) in [5.41, 5.74) is 0.216. The maximum absolute atomic E-state index is 10.9. The van der Waals surface area contributed by atoms with Gasteiger partial charge in [-0.3, -0.25) is 0 Å². The molecule has 0 spiro atoms. The van der Waals surface area contributed by atoms with Crippen molar-refractivity contribution in [1.82, 2.24) is 4.98 Å². The number of ether oxygens (including phenoxy) is 3. The fourth-order valence-electron chi connectivity index (χ4n) is 2.29. The minimum Gasteiger partial charge on any atom is -0.487 e. The zero-order valence-electron chi connectivity index (χ0n) is 14.7. The van der Waals surface area contributed by atoms with Crippen molar-refractivity contribution in [2.24, 2.45) is 0 Å². The Balaban J connectivity index is 1.51. The summed E-state index contributed by atoms with van der Waals surface area (Å²) >= 11 is 0. The van der Waals surface area contributed by atoms with E-state index in [4.69, 9.17) is 19.3 Å². The number of carbonyl (C=O) groups is 1. The number of hydrogen-bond acceptors (Lipinski definition) is 5. The number of hydrogen-bond donors (Lipinski definition) is 1. The van der Waals surface area contributed by atoms with E-state index in [0.29, 0.717) is 29.7 Å². The van der Waals surface area contributed by atoms with Gasteiger partial charge in [-0.05, 0) is 61.5 Å². The summed E-state index contributed by atoms with van der Waals surface area (Å²) in [6.07, 6.45) is 1.52. The molecule has 6 heteroatoms. The third-order valence-corrected chi connectivity index (χ3v) is 3.60. The van der Waals surface area contributed by atoms with Gasteiger partial charge in [-0.25, -0.2) is 9.78 Å². The molecule has 27 heavy (non-hydrogen) atoms. The average Bonchev–Trinajstić information content (AvgIpc) is 2.69. The zero-order chi connectivity index (χ0) is 19.1. The van der Waals surface area contributed by atoms with Crippen LogP contribution < -0.4 is 14.2 Å². The van der Waals surface area contributed by atoms with Gasteiger partial charge in [0.15, 0.2) is 0 Å². The van der Waals surface area contributed by atoms with Crippen molar-refractivity contribution >= 4 is 5.97 Å². The second-order valence-electron chi connectivity index (χ2n) is 5.81. The maximum atomic E-state index is 10.9. The van der Waals surface area contributed by atoms with Crippen LogP contribution in [-0.4, -0.2) is 28.8 Å². The summed E-state index contributed by atoms with van der Waals surface area (Å²) in [4.78, 5) is 15.0. The molecule has 0 saturated carbocycles. The van der Waals surface area contributed by atoms with Gasteiger partial charge in [0.05, 0.1) is 5.56 Å². The zero-order valence-corrected chi connectivity index (χ0v) is 14.7. The van der Waals surface area contributed by atoms with Crippen molar-refractivity contribution in [3.8, 4) is 23.1 Å². The van der Waals surface area contributed by atoms with Gasteiger partial charge in [-0.15, -0.1) is 0 Å². The fraction of sp³-hybridized carbons (Fsp3) is 0.143. The van der Waals surface area contributed by atoms with E-state index in [9.17, 15) is 4.79 Å². The summed E-state index contributed by atoms with van der Waals surface area (Å²) in [6, 6.07) is 18.9. The molecule has 0 aliphatic heterocycles. The highest BCUT2D eigenvalue weighted by Gasteiger charge is 2.07. The lowest BCUT2D eigenvalue weighted by Crippen LogP contribution is -2.21. The molecule has 3 rings (SSSR count). The van der Waals surface area contributed by atoms with Crippen LogP contribution in [-0.2, 0) is 0 Å². The Bertz CT molecular complexity index is 863. The second-order valence-corrected chi connectivity index (χ2v) is 5.81. The van der Waals surface area contributed by atoms with E-state index in [0.717, 1.165) is 0 Å². The number of aromatic carboxylic acids is 1. The van der Waals surface area contributed by atoms with Crippen molar-refractivity contribution in [3.05, 3.63) is 78.5 Å². The predicted octanol–water partition coefficient (Wildman–Crippen LogP) is 4.42. The molecule has 1 N–H and O–H groups in total. The lowest BCUT2D eigenvalue weighted by atomic mass is 10.2. The van der Waals surface area contributed by atoms with E-state index in [1.807, 2.05) is 19.1 Å². The van der Waals surface area contributed by atoms with Crippen LogP contribution in [0.3, 0.4) is 0 Å². The molecular formula is C21H19NO5. The van der Waals surface area contributed by atoms with Crippen molar-refractivity contribution in [3.63, 3.8) is 0 Å². The molecular weight excluding hydrogens is 346 g/mol. The molecule has 0 fully saturated rings. The molecule has 0 amide bonds. The van der Waals surface area contributed by atoms with Crippen LogP contribution in [0.2, 0.25) is 0 Å². The van der Waals surface area contributed by atoms with Gasteiger partial charge in [0.25, 0.3) is 0 Å². The van der Waals surface area contributed by atoms with Crippen LogP contribution >= 0.6 is 0 Å². The van der Waals surface area contributed by atoms with Crippen LogP contribution in [0, 0.1) is 0 Å². The van der Waals surface area contributed by atoms with Gasteiger partial charge >= 0.3 is 5.97 Å². The number of benzene rings is 2. The molecule has 6 nitrogen and oxygen atoms in total. The van der Waals surface area contributed by atoms with E-state index in [2.05, 4.69) is 4.98 Å². The van der Waals surface area contributed by atoms with Gasteiger partial charge < -0.3 is 19.3 Å². The Labute approximate surface area is 157 Å². The lowest BCUT2D eigenvalue weighted by Gasteiger charge is -2.15. The van der Waals surface area contributed by atoms with Crippen molar-refractivity contribution in [1.29, 1.82) is 0 Å². The predicted molar refractivity (Wildman–Crippen MR) is 99.7 cm³/mol. The quantitative estimate of drug-likeness (QED) is 0.637. The number of nitrogens with zero attached hydrogens (tertiary/aromatic N) is 1. The van der Waals surface area contributed by atoms with Crippen molar-refractivity contribution < 1.29 is 24.1 Å². The summed E-state index contributed by atoms with van der Waals surface area (Å²) < 4.78 is 17.1. The third-order valence-electron chi connectivity index (χ3n) is 3.60. The average molecular weight is 365 g/mol. The van der Waals surface area contributed by atoms with Crippen LogP contribution in [0.5, 0.6) is 23.1 Å². The molecule has 0 aliphatic carbocycles. The molecule has 1 atom stereocenters. The monoisotopic (exact) mass is 365 g/mol. The Morgan fingerprint density at radius 2 is 1.59 bits per heavy atom. The number of carboxylic acids is 1. The van der Waals surface area contributed by atoms with Crippen molar-refractivity contribution in [2.45, 2.75) is 13.0 Å². The summed E-state index contributed by atoms with van der Waals surface area (Å²) in [5.74, 6) is 1.48. The first-order valence-corrected chi connectivity index (χ1v) is 8.42. The SMILES string of the molecule is CC(COc1ccccn1)Oc1ccc(Oc2ccc(C(=O)O)cc2)cc1. The Morgan fingerprint density at radius 3 is 2.19 bits per heavy atom. The normalized spacial score (nSPS) is 11.4. The number of aromatic nitrogens is 1. The van der Waals surface area contributed by atoms with Gasteiger partial charge in [-0.1, -0.05) is 6.07 Å². The minimum absolute atomic E-state index is 0.151. The van der Waals surface area contributed by atoms with Gasteiger partial charge in [0, 0.05) is 12.3 Å². The lowest BCUT2D eigenvalue weighted by molar-refractivity contribution is 0.0697. The van der Waals surface area contributed by atoms with Crippen LogP contribution in [0.4, 0.5) is 0 Å². The second kappa shape index (κ2) is 8.71. The standard InChI is InChI=1S/C21H19NO5/c1-15(14-25-20-4-2-3-13-22-20)26-17-9-11-19(12-10-17)27-18-7-5-16(6-8-18)21(23)24/h2-13,15H,14H2,1H3,(H,23,24). The molecule has 2 aromatic carbocycles. The first-order valence-electron chi connectivity index (χ1n) is 8.42. The summed E-state index contributed by atoms with van der Waals surface area (Å²) in [7, 11) is 0. The number of pyridine rings is 1. The Hall–Kier alpha value is -3.54. The van der Waals surface area contributed by atoms with Crippen LogP contribution in [0.1, 0.15) is 17.3 Å². The smallest absolute Gasteiger partial charge is 0.335 e. The first-order chi connectivity index (χ1) is 13.1. The third kappa shape index (κ3) is 5.47. The summed E-state index contributed by atoms with van der Waals surface area (Å²) in [5, 5.41) is 8.90. The highest BCUT2D eigenvalue weighted by atomic mass is 16.5. The van der Waals surface area contributed by atoms with Crippen LogP contribution in [0.25, 0.3) is 0 Å². The summed E-state index contributed by atoms with van der Waals surface area (Å²) in [6.45, 7) is 2.29. The van der Waals surface area contributed by atoms with E-state index < -0.39 is 5.97 Å². The molecule has 1 aromatic heterocycles. The van der Waals surface area contributed by atoms with Crippen LogP contribution in [0.15, 0.2) is 72.9 Å². The highest BCUT2D eigenvalue weighted by Crippen LogP contribution is 2.24. The Kier molecular flexibility index (Phi) is 5.89. The molecule has 1 unspecified atom stereocenters. The molecule has 0 saturated heterocycles. The van der Waals surface area contributed by atoms with E-state index in [1.165, 1.54) is 12.1 Å². The molecule has 3 aromatic rings. The van der Waals surface area contributed by atoms with E-state index in [1.54, 1.807) is 48.7 Å². The highest BCUT2D eigenvalue weighted by molar-refractivity contribution is 5.87. The maximum Gasteiger partial charge on any atom is 0.335 e. The molecule has 0 bridgehead atoms. The molecule has 0 aliphatic rings. The fourth-order valence-corrected chi connectivity index (χ4v) is 2.29. The molecule has 1 heterocycles. The van der Waals surface area contributed by atoms with E-state index >= 15 is 0 Å². The molecule has 138 valence electrons. The van der Waals surface area contributed by atoms with Gasteiger partial charge in [0.1, 0.15) is 30.0 Å². The first kappa shape index (κ1) is 18.3. The largest absolute Gasteiger partial charge is 0.487 e. The minimum atomic E-state index is -0.968. The number of carboxylic acid groups (broad SMARTS) is 1. The Morgan fingerprint density at radius 1 is 0.963 bits per heavy atom. The van der Waals surface area contributed by atoms with E-state index in [-0.39, 0.29) is 11.7 Å². The topological polar surface area (TPSA) is 77.9 Å². The van der Waals surface area contributed by atoms with Crippen molar-refractivity contribution in [2.75, 3.05) is 6.61 Å². The van der Waals surface area contributed by atoms with Gasteiger partial charge in [0.2, 0.25) is 5.88 Å².